The Hall–Kier alpha value is -2.90. The Balaban J connectivity index is 1.84. The third kappa shape index (κ3) is 4.32. The van der Waals surface area contributed by atoms with E-state index < -0.39 is 29.4 Å². The van der Waals surface area contributed by atoms with Crippen molar-refractivity contribution in [2.75, 3.05) is 13.2 Å². The average Bonchev–Trinajstić information content (AvgIpc) is 3.23. The predicted molar refractivity (Wildman–Crippen MR) is 107 cm³/mol. The molecule has 2 aliphatic rings. The molecule has 0 saturated heterocycles. The topological polar surface area (TPSA) is 93.7 Å². The fourth-order valence-electron chi connectivity index (χ4n) is 4.21. The first-order valence-electron chi connectivity index (χ1n) is 10.3. The van der Waals surface area contributed by atoms with E-state index in [1.807, 2.05) is 6.92 Å². The standard InChI is InChI=1S/C22H27FN2O5/c1-3-16-18(19(26)29-4-2)17(25-21(28)24-16)13-30-20(27)22(11-5-6-12-22)14-7-9-15(23)10-8-14/h7-10,16H,3-6,11-13H2,1-2H3,(H2,24,25,28)/t16-/m1/s1. The SMILES string of the molecule is CCOC(=O)C1=C(COC(=O)C2(c3ccc(F)cc3)CCCC2)NC(=O)N[C@@H]1CC. The van der Waals surface area contributed by atoms with Crippen molar-refractivity contribution in [3.63, 3.8) is 0 Å². The number of carbonyl (C=O) groups excluding carboxylic acids is 3. The maximum absolute atomic E-state index is 13.4. The Kier molecular flexibility index (Phi) is 6.74. The van der Waals surface area contributed by atoms with Gasteiger partial charge in [0.25, 0.3) is 0 Å². The molecule has 1 atom stereocenters. The maximum atomic E-state index is 13.4. The van der Waals surface area contributed by atoms with Crippen LogP contribution < -0.4 is 10.6 Å². The summed E-state index contributed by atoms with van der Waals surface area (Å²) in [6.45, 7) is 3.47. The van der Waals surface area contributed by atoms with Gasteiger partial charge in [0.2, 0.25) is 0 Å². The van der Waals surface area contributed by atoms with Crippen molar-refractivity contribution >= 4 is 18.0 Å². The molecule has 1 aliphatic carbocycles. The van der Waals surface area contributed by atoms with Gasteiger partial charge in [-0.3, -0.25) is 4.79 Å². The number of nitrogens with one attached hydrogen (secondary N) is 2. The summed E-state index contributed by atoms with van der Waals surface area (Å²) >= 11 is 0. The number of hydrogen-bond acceptors (Lipinski definition) is 5. The Morgan fingerprint density at radius 1 is 1.13 bits per heavy atom. The molecule has 2 N–H and O–H groups in total. The normalized spacial score (nSPS) is 20.4. The molecule has 0 aromatic heterocycles. The van der Waals surface area contributed by atoms with E-state index in [-0.39, 0.29) is 30.3 Å². The second kappa shape index (κ2) is 9.28. The van der Waals surface area contributed by atoms with Crippen molar-refractivity contribution in [3.05, 3.63) is 46.9 Å². The lowest BCUT2D eigenvalue weighted by atomic mass is 9.79. The zero-order valence-electron chi connectivity index (χ0n) is 17.3. The summed E-state index contributed by atoms with van der Waals surface area (Å²) in [6.07, 6.45) is 3.42. The van der Waals surface area contributed by atoms with Crippen LogP contribution in [0.5, 0.6) is 0 Å². The molecule has 162 valence electrons. The highest BCUT2D eigenvalue weighted by molar-refractivity contribution is 5.95. The van der Waals surface area contributed by atoms with E-state index in [9.17, 15) is 18.8 Å². The highest BCUT2D eigenvalue weighted by Gasteiger charge is 2.44. The Labute approximate surface area is 175 Å². The molecule has 30 heavy (non-hydrogen) atoms. The fourth-order valence-corrected chi connectivity index (χ4v) is 4.21. The van der Waals surface area contributed by atoms with E-state index >= 15 is 0 Å². The molecular formula is C22H27FN2O5. The first-order chi connectivity index (χ1) is 14.4. The summed E-state index contributed by atoms with van der Waals surface area (Å²) in [4.78, 5) is 37.6. The molecule has 1 aromatic carbocycles. The molecule has 2 amide bonds. The van der Waals surface area contributed by atoms with Gasteiger partial charge in [-0.2, -0.15) is 0 Å². The zero-order valence-corrected chi connectivity index (χ0v) is 17.3. The minimum Gasteiger partial charge on any atom is -0.463 e. The largest absolute Gasteiger partial charge is 0.463 e. The summed E-state index contributed by atoms with van der Waals surface area (Å²) in [5.74, 6) is -1.37. The minimum atomic E-state index is -0.848. The Morgan fingerprint density at radius 3 is 2.40 bits per heavy atom. The summed E-state index contributed by atoms with van der Waals surface area (Å²) < 4.78 is 24.1. The van der Waals surface area contributed by atoms with Crippen molar-refractivity contribution in [2.24, 2.45) is 0 Å². The van der Waals surface area contributed by atoms with E-state index in [0.717, 1.165) is 12.8 Å². The summed E-state index contributed by atoms with van der Waals surface area (Å²) in [6, 6.07) is 4.92. The van der Waals surface area contributed by atoms with Crippen LogP contribution in [0.15, 0.2) is 35.5 Å². The van der Waals surface area contributed by atoms with Crippen molar-refractivity contribution in [2.45, 2.75) is 57.4 Å². The van der Waals surface area contributed by atoms with Crippen LogP contribution in [-0.4, -0.2) is 37.2 Å². The highest BCUT2D eigenvalue weighted by Crippen LogP contribution is 2.42. The zero-order chi connectivity index (χ0) is 21.7. The van der Waals surface area contributed by atoms with Gasteiger partial charge in [-0.15, -0.1) is 0 Å². The number of hydrogen-bond donors (Lipinski definition) is 2. The number of esters is 2. The van der Waals surface area contributed by atoms with Gasteiger partial charge in [0.1, 0.15) is 12.4 Å². The third-order valence-electron chi connectivity index (χ3n) is 5.74. The minimum absolute atomic E-state index is 0.188. The fraction of sp³-hybridized carbons (Fsp3) is 0.500. The number of ether oxygens (including phenoxy) is 2. The van der Waals surface area contributed by atoms with Crippen molar-refractivity contribution in [1.29, 1.82) is 0 Å². The molecule has 1 heterocycles. The molecule has 0 unspecified atom stereocenters. The second-order valence-corrected chi connectivity index (χ2v) is 7.54. The van der Waals surface area contributed by atoms with E-state index in [1.165, 1.54) is 12.1 Å². The maximum Gasteiger partial charge on any atom is 0.338 e. The molecule has 8 heteroatoms. The van der Waals surface area contributed by atoms with Crippen LogP contribution in [0.1, 0.15) is 51.5 Å². The van der Waals surface area contributed by atoms with Crippen LogP contribution in [0.25, 0.3) is 0 Å². The molecule has 7 nitrogen and oxygen atoms in total. The smallest absolute Gasteiger partial charge is 0.338 e. The lowest BCUT2D eigenvalue weighted by Crippen LogP contribution is -2.51. The molecule has 1 aliphatic heterocycles. The summed E-state index contributed by atoms with van der Waals surface area (Å²) in [5.41, 5.74) is 0.352. The molecule has 1 aromatic rings. The van der Waals surface area contributed by atoms with Gasteiger partial charge in [-0.1, -0.05) is 31.9 Å². The van der Waals surface area contributed by atoms with Crippen molar-refractivity contribution in [3.8, 4) is 0 Å². The molecule has 1 saturated carbocycles. The first kappa shape index (κ1) is 21.8. The molecule has 0 radical (unpaired) electrons. The van der Waals surface area contributed by atoms with Crippen molar-refractivity contribution < 1.29 is 28.2 Å². The summed E-state index contributed by atoms with van der Waals surface area (Å²) in [5, 5.41) is 5.26. The average molecular weight is 418 g/mol. The van der Waals surface area contributed by atoms with Gasteiger partial charge in [-0.25, -0.2) is 14.0 Å². The molecule has 0 bridgehead atoms. The van der Waals surface area contributed by atoms with Gasteiger partial charge in [0.15, 0.2) is 0 Å². The quantitative estimate of drug-likeness (QED) is 0.664. The second-order valence-electron chi connectivity index (χ2n) is 7.54. The number of rotatable bonds is 7. The predicted octanol–water partition coefficient (Wildman–Crippen LogP) is 3.09. The van der Waals surface area contributed by atoms with Crippen LogP contribution in [-0.2, 0) is 24.5 Å². The molecule has 3 rings (SSSR count). The van der Waals surface area contributed by atoms with E-state index in [4.69, 9.17) is 9.47 Å². The third-order valence-corrected chi connectivity index (χ3v) is 5.74. The molecule has 0 spiro atoms. The van der Waals surface area contributed by atoms with Crippen LogP contribution in [0.3, 0.4) is 0 Å². The van der Waals surface area contributed by atoms with E-state index in [2.05, 4.69) is 10.6 Å². The van der Waals surface area contributed by atoms with E-state index in [1.54, 1.807) is 19.1 Å². The van der Waals surface area contributed by atoms with Crippen molar-refractivity contribution in [1.82, 2.24) is 10.6 Å². The van der Waals surface area contributed by atoms with Gasteiger partial charge in [0, 0.05) is 0 Å². The van der Waals surface area contributed by atoms with E-state index in [0.29, 0.717) is 24.8 Å². The monoisotopic (exact) mass is 418 g/mol. The van der Waals surface area contributed by atoms with Gasteiger partial charge >= 0.3 is 18.0 Å². The first-order valence-corrected chi connectivity index (χ1v) is 10.3. The summed E-state index contributed by atoms with van der Waals surface area (Å²) in [7, 11) is 0. The molecule has 1 fully saturated rings. The lowest BCUT2D eigenvalue weighted by Gasteiger charge is -2.30. The number of amides is 2. The Bertz CT molecular complexity index is 844. The number of benzene rings is 1. The number of carbonyl (C=O) groups is 3. The number of halogens is 1. The Morgan fingerprint density at radius 2 is 1.80 bits per heavy atom. The lowest BCUT2D eigenvalue weighted by molar-refractivity contribution is -0.150. The molecular weight excluding hydrogens is 391 g/mol. The van der Waals surface area contributed by atoms with Crippen LogP contribution in [0.2, 0.25) is 0 Å². The number of urea groups is 1. The highest BCUT2D eigenvalue weighted by atomic mass is 19.1. The van der Waals surface area contributed by atoms with Crippen LogP contribution in [0.4, 0.5) is 9.18 Å². The van der Waals surface area contributed by atoms with Crippen LogP contribution >= 0.6 is 0 Å². The van der Waals surface area contributed by atoms with Gasteiger partial charge in [-0.05, 0) is 43.9 Å². The van der Waals surface area contributed by atoms with Gasteiger partial charge in [0.05, 0.1) is 29.3 Å². The van der Waals surface area contributed by atoms with Gasteiger partial charge < -0.3 is 20.1 Å². The van der Waals surface area contributed by atoms with Crippen LogP contribution in [0, 0.1) is 5.82 Å².